The Morgan fingerprint density at radius 3 is 2.33 bits per heavy atom. The Bertz CT molecular complexity index is 1350. The van der Waals surface area contributed by atoms with Gasteiger partial charge < -0.3 is 31.1 Å². The molecule has 0 saturated heterocycles. The molecular weight excluding hydrogens is 466 g/mol. The molecule has 4 atom stereocenters. The Labute approximate surface area is 208 Å². The Morgan fingerprint density at radius 2 is 1.81 bits per heavy atom. The van der Waals surface area contributed by atoms with Gasteiger partial charge in [0, 0.05) is 31.3 Å². The number of aliphatic hydroxyl groups excluding tert-OH is 2. The van der Waals surface area contributed by atoms with Crippen molar-refractivity contribution in [3.63, 3.8) is 0 Å². The van der Waals surface area contributed by atoms with Crippen LogP contribution in [0.4, 0.5) is 5.69 Å². The molecule has 0 bridgehead atoms. The number of anilines is 1. The summed E-state index contributed by atoms with van der Waals surface area (Å²) < 4.78 is 0. The first kappa shape index (κ1) is 25.3. The van der Waals surface area contributed by atoms with Gasteiger partial charge in [-0.05, 0) is 51.4 Å². The van der Waals surface area contributed by atoms with Crippen molar-refractivity contribution in [3.05, 3.63) is 39.7 Å². The van der Waals surface area contributed by atoms with Crippen LogP contribution in [0.3, 0.4) is 0 Å². The first-order valence-electron chi connectivity index (χ1n) is 11.4. The second-order valence-electron chi connectivity index (χ2n) is 9.88. The van der Waals surface area contributed by atoms with E-state index in [2.05, 4.69) is 11.8 Å². The number of amides is 1. The topological polar surface area (TPSA) is 165 Å². The molecule has 1 saturated carbocycles. The summed E-state index contributed by atoms with van der Waals surface area (Å²) in [4.78, 5) is 42.3. The molecule has 0 aromatic heterocycles. The van der Waals surface area contributed by atoms with E-state index in [1.54, 1.807) is 46.1 Å². The van der Waals surface area contributed by atoms with Crippen LogP contribution in [0.25, 0.3) is 5.76 Å². The first-order chi connectivity index (χ1) is 16.8. The molecule has 0 unspecified atom stereocenters. The zero-order chi connectivity index (χ0) is 26.9. The van der Waals surface area contributed by atoms with E-state index < -0.39 is 58.0 Å². The Kier molecular flexibility index (Phi) is 5.90. The van der Waals surface area contributed by atoms with E-state index in [-0.39, 0.29) is 35.3 Å². The van der Waals surface area contributed by atoms with Crippen molar-refractivity contribution in [1.82, 2.24) is 4.90 Å². The minimum Gasteiger partial charge on any atom is -0.508 e. The highest BCUT2D eigenvalue weighted by atomic mass is 16.3. The molecule has 0 radical (unpaired) electrons. The lowest BCUT2D eigenvalue weighted by molar-refractivity contribution is -0.153. The number of fused-ring (bicyclic) bond motifs is 3. The van der Waals surface area contributed by atoms with Crippen molar-refractivity contribution in [2.75, 3.05) is 33.1 Å². The van der Waals surface area contributed by atoms with E-state index in [0.717, 1.165) is 0 Å². The molecule has 1 amide bonds. The van der Waals surface area contributed by atoms with Crippen molar-refractivity contribution < 1.29 is 34.8 Å². The van der Waals surface area contributed by atoms with Crippen LogP contribution in [0.2, 0.25) is 0 Å². The lowest BCUT2D eigenvalue weighted by Crippen LogP contribution is -2.65. The second kappa shape index (κ2) is 8.40. The Morgan fingerprint density at radius 1 is 1.17 bits per heavy atom. The highest BCUT2D eigenvalue weighted by Gasteiger charge is 2.64. The normalized spacial score (nSPS) is 27.2. The molecular formula is C26H29N3O7. The largest absolute Gasteiger partial charge is 0.508 e. The van der Waals surface area contributed by atoms with Crippen LogP contribution in [0.15, 0.2) is 23.0 Å². The molecule has 0 spiro atoms. The summed E-state index contributed by atoms with van der Waals surface area (Å²) in [6.07, 6.45) is 0.255. The number of benzene rings is 1. The van der Waals surface area contributed by atoms with Gasteiger partial charge in [-0.2, -0.15) is 0 Å². The van der Waals surface area contributed by atoms with Gasteiger partial charge >= 0.3 is 0 Å². The van der Waals surface area contributed by atoms with Crippen molar-refractivity contribution in [2.24, 2.45) is 17.6 Å². The van der Waals surface area contributed by atoms with Crippen molar-refractivity contribution >= 4 is 28.9 Å². The fraction of sp³-hybridized carbons (Fsp3) is 0.423. The monoisotopic (exact) mass is 495 g/mol. The summed E-state index contributed by atoms with van der Waals surface area (Å²) in [6, 6.07) is 0.580. The number of likely N-dealkylation sites (N-methyl/N-ethyl adjacent to an activating group) is 1. The molecule has 1 fully saturated rings. The van der Waals surface area contributed by atoms with E-state index in [9.17, 15) is 34.8 Å². The number of primary amides is 1. The fourth-order valence-electron chi connectivity index (χ4n) is 5.92. The molecule has 3 aliphatic carbocycles. The lowest BCUT2D eigenvalue weighted by atomic mass is 9.57. The predicted octanol–water partition coefficient (Wildman–Crippen LogP) is 0.401. The second-order valence-corrected chi connectivity index (χ2v) is 9.88. The van der Waals surface area contributed by atoms with Gasteiger partial charge in [0.1, 0.15) is 22.8 Å². The fourth-order valence-corrected chi connectivity index (χ4v) is 5.92. The predicted molar refractivity (Wildman–Crippen MR) is 131 cm³/mol. The standard InChI is InChI=1S/C26H29N3O7/c1-6-7-11-10-15(28(2)3)13-8-12-9-14-19(29(4)5)22(32)18(25(27)35)24(34)26(14,36)23(33)16(12)21(31)17(13)20(11)30/h10,12,14,19,30-31,34,36H,8-9H2,1-5H3,(H2,27,35)/t12-,14-,19-,26+/m1/s1. The van der Waals surface area contributed by atoms with Gasteiger partial charge in [0.15, 0.2) is 11.4 Å². The highest BCUT2D eigenvalue weighted by molar-refractivity contribution is 6.24. The maximum absolute atomic E-state index is 13.9. The van der Waals surface area contributed by atoms with Gasteiger partial charge in [0.25, 0.3) is 5.91 Å². The maximum atomic E-state index is 13.9. The van der Waals surface area contributed by atoms with Crippen molar-refractivity contribution in [2.45, 2.75) is 31.4 Å². The van der Waals surface area contributed by atoms with E-state index in [1.807, 2.05) is 0 Å². The average molecular weight is 496 g/mol. The summed E-state index contributed by atoms with van der Waals surface area (Å²) in [5.41, 5.74) is 3.19. The number of nitrogens with two attached hydrogens (primary N) is 1. The summed E-state index contributed by atoms with van der Waals surface area (Å²) >= 11 is 0. The number of Topliss-reactive ketones (excluding diaryl/α,β-unsaturated/α-hetero) is 2. The SMILES string of the molecule is CC#Cc1cc(N(C)C)c2c(c1O)C(O)=C1C(=O)[C@]3(O)C(O)=C(C(N)=O)C(=O)[C@H](N(C)C)[C@H]3C[C@H]1C2. The van der Waals surface area contributed by atoms with Crippen LogP contribution in [-0.4, -0.2) is 82.6 Å². The molecule has 10 heteroatoms. The molecule has 4 rings (SSSR count). The van der Waals surface area contributed by atoms with Crippen LogP contribution >= 0.6 is 0 Å². The van der Waals surface area contributed by atoms with E-state index in [0.29, 0.717) is 11.3 Å². The van der Waals surface area contributed by atoms with Crippen LogP contribution in [0, 0.1) is 23.7 Å². The van der Waals surface area contributed by atoms with Crippen LogP contribution in [-0.2, 0) is 20.8 Å². The number of nitrogens with zero attached hydrogens (tertiary/aromatic N) is 2. The molecule has 0 heterocycles. The Balaban J connectivity index is 2.03. The minimum atomic E-state index is -2.66. The minimum absolute atomic E-state index is 0.0234. The summed E-state index contributed by atoms with van der Waals surface area (Å²) in [7, 11) is 6.72. The number of hydrogen-bond donors (Lipinski definition) is 5. The molecule has 3 aliphatic rings. The number of ketones is 2. The van der Waals surface area contributed by atoms with Gasteiger partial charge in [-0.25, -0.2) is 0 Å². The number of rotatable bonds is 3. The van der Waals surface area contributed by atoms with Gasteiger partial charge in [-0.15, -0.1) is 5.92 Å². The molecule has 10 nitrogen and oxygen atoms in total. The number of phenolic OH excluding ortho intramolecular Hbond substituents is 1. The number of carbonyl (C=O) groups excluding carboxylic acids is 3. The third kappa shape index (κ3) is 3.23. The summed E-state index contributed by atoms with van der Waals surface area (Å²) in [6.45, 7) is 1.60. The van der Waals surface area contributed by atoms with Crippen molar-refractivity contribution in [3.8, 4) is 17.6 Å². The third-order valence-electron chi connectivity index (χ3n) is 7.44. The summed E-state index contributed by atoms with van der Waals surface area (Å²) in [5, 5.41) is 44.9. The highest BCUT2D eigenvalue weighted by Crippen LogP contribution is 2.54. The lowest BCUT2D eigenvalue weighted by Gasteiger charge is -2.50. The number of carbonyl (C=O) groups is 3. The average Bonchev–Trinajstić information content (AvgIpc) is 2.77. The zero-order valence-electron chi connectivity index (χ0n) is 20.7. The molecule has 1 aromatic carbocycles. The van der Waals surface area contributed by atoms with E-state index in [4.69, 9.17) is 5.73 Å². The third-order valence-corrected chi connectivity index (χ3v) is 7.44. The molecule has 1 aromatic rings. The van der Waals surface area contributed by atoms with Crippen LogP contribution in [0.5, 0.6) is 5.75 Å². The molecule has 6 N–H and O–H groups in total. The van der Waals surface area contributed by atoms with E-state index in [1.165, 1.54) is 4.90 Å². The number of aromatic hydroxyl groups is 1. The van der Waals surface area contributed by atoms with Crippen LogP contribution < -0.4 is 10.6 Å². The molecule has 0 aliphatic heterocycles. The molecule has 36 heavy (non-hydrogen) atoms. The van der Waals surface area contributed by atoms with Gasteiger partial charge in [-0.1, -0.05) is 5.92 Å². The quantitative estimate of drug-likeness (QED) is 0.295. The van der Waals surface area contributed by atoms with Gasteiger partial charge in [0.2, 0.25) is 5.78 Å². The van der Waals surface area contributed by atoms with Gasteiger partial charge in [-0.3, -0.25) is 19.3 Å². The molecule has 190 valence electrons. The first-order valence-corrected chi connectivity index (χ1v) is 11.4. The Hall–Kier alpha value is -3.81. The van der Waals surface area contributed by atoms with Crippen LogP contribution in [0.1, 0.15) is 30.0 Å². The van der Waals surface area contributed by atoms with E-state index >= 15 is 0 Å². The summed E-state index contributed by atoms with van der Waals surface area (Å²) in [5.74, 6) is -1.29. The maximum Gasteiger partial charge on any atom is 0.255 e. The van der Waals surface area contributed by atoms with Gasteiger partial charge in [0.05, 0.1) is 17.2 Å². The smallest absolute Gasteiger partial charge is 0.255 e. The van der Waals surface area contributed by atoms with Crippen molar-refractivity contribution in [1.29, 1.82) is 0 Å². The zero-order valence-corrected chi connectivity index (χ0v) is 20.7. The number of phenols is 1. The number of hydrogen-bond acceptors (Lipinski definition) is 9. The number of aliphatic hydroxyl groups is 3.